The minimum atomic E-state index is 0.208. The molecule has 2 fully saturated rings. The van der Waals surface area contributed by atoms with E-state index in [1.54, 1.807) is 0 Å². The van der Waals surface area contributed by atoms with Crippen molar-refractivity contribution >= 4 is 5.91 Å². The number of nitrogens with zero attached hydrogens (tertiary/aromatic N) is 2. The lowest BCUT2D eigenvalue weighted by Gasteiger charge is -2.30. The molecule has 2 aliphatic rings. The number of nitriles is 1. The number of carbonyl (C=O) groups is 1. The van der Waals surface area contributed by atoms with Gasteiger partial charge in [-0.15, -0.1) is 0 Å². The van der Waals surface area contributed by atoms with Crippen LogP contribution in [0, 0.1) is 23.2 Å². The van der Waals surface area contributed by atoms with Gasteiger partial charge in [0.05, 0.1) is 6.07 Å². The zero-order chi connectivity index (χ0) is 13.7. The van der Waals surface area contributed by atoms with Gasteiger partial charge in [-0.05, 0) is 58.0 Å². The highest BCUT2D eigenvalue weighted by Crippen LogP contribution is 2.24. The normalized spacial score (nSPS) is 32.5. The van der Waals surface area contributed by atoms with Crippen LogP contribution < -0.4 is 5.32 Å². The Kier molecular flexibility index (Phi) is 5.21. The van der Waals surface area contributed by atoms with Gasteiger partial charge in [0.1, 0.15) is 0 Å². The summed E-state index contributed by atoms with van der Waals surface area (Å²) in [6.45, 7) is 2.21. The molecule has 106 valence electrons. The average molecular weight is 263 g/mol. The molecule has 0 radical (unpaired) electrons. The summed E-state index contributed by atoms with van der Waals surface area (Å²) >= 11 is 0. The molecule has 1 saturated carbocycles. The third kappa shape index (κ3) is 4.50. The first-order valence-corrected chi connectivity index (χ1v) is 7.55. The van der Waals surface area contributed by atoms with Crippen LogP contribution in [0.2, 0.25) is 0 Å². The minimum absolute atomic E-state index is 0.208. The highest BCUT2D eigenvalue weighted by atomic mass is 16.1. The van der Waals surface area contributed by atoms with E-state index in [4.69, 9.17) is 5.26 Å². The smallest absolute Gasteiger partial charge is 0.220 e. The van der Waals surface area contributed by atoms with Crippen molar-refractivity contribution in [3.63, 3.8) is 0 Å². The first kappa shape index (κ1) is 14.3. The molecule has 1 amide bonds. The Morgan fingerprint density at radius 3 is 2.68 bits per heavy atom. The number of nitrogens with one attached hydrogen (secondary N) is 1. The molecule has 4 heteroatoms. The molecule has 1 aliphatic carbocycles. The second-order valence-corrected chi connectivity index (χ2v) is 6.22. The van der Waals surface area contributed by atoms with Crippen molar-refractivity contribution < 1.29 is 4.79 Å². The fourth-order valence-electron chi connectivity index (χ4n) is 3.36. The van der Waals surface area contributed by atoms with Crippen LogP contribution in [-0.2, 0) is 4.79 Å². The lowest BCUT2D eigenvalue weighted by Crippen LogP contribution is -2.40. The Morgan fingerprint density at radius 2 is 2.05 bits per heavy atom. The van der Waals surface area contributed by atoms with Crippen LogP contribution in [0.1, 0.15) is 44.9 Å². The molecule has 0 spiro atoms. The molecule has 0 aromatic heterocycles. The van der Waals surface area contributed by atoms with Crippen molar-refractivity contribution in [2.45, 2.75) is 51.0 Å². The summed E-state index contributed by atoms with van der Waals surface area (Å²) in [5, 5.41) is 12.0. The maximum atomic E-state index is 12.0. The van der Waals surface area contributed by atoms with E-state index in [9.17, 15) is 4.79 Å². The molecule has 1 N–H and O–H groups in total. The highest BCUT2D eigenvalue weighted by molar-refractivity contribution is 5.76. The Labute approximate surface area is 116 Å². The van der Waals surface area contributed by atoms with Crippen LogP contribution in [-0.4, -0.2) is 37.0 Å². The third-order valence-corrected chi connectivity index (χ3v) is 4.47. The van der Waals surface area contributed by atoms with E-state index in [-0.39, 0.29) is 11.8 Å². The number of carbonyl (C=O) groups excluding carboxylic acids is 1. The van der Waals surface area contributed by atoms with Crippen LogP contribution in [0.4, 0.5) is 0 Å². The van der Waals surface area contributed by atoms with Gasteiger partial charge in [-0.2, -0.15) is 5.26 Å². The van der Waals surface area contributed by atoms with E-state index in [2.05, 4.69) is 23.3 Å². The Hall–Kier alpha value is -1.08. The first-order chi connectivity index (χ1) is 9.17. The van der Waals surface area contributed by atoms with Crippen molar-refractivity contribution in [1.29, 1.82) is 5.26 Å². The first-order valence-electron chi connectivity index (χ1n) is 7.55. The molecule has 1 heterocycles. The van der Waals surface area contributed by atoms with Crippen molar-refractivity contribution in [2.24, 2.45) is 11.8 Å². The van der Waals surface area contributed by atoms with Crippen LogP contribution in [0.15, 0.2) is 0 Å². The maximum Gasteiger partial charge on any atom is 0.220 e. The summed E-state index contributed by atoms with van der Waals surface area (Å²) in [5.41, 5.74) is 0. The summed E-state index contributed by atoms with van der Waals surface area (Å²) in [5.74, 6) is 0.940. The molecule has 1 atom stereocenters. The van der Waals surface area contributed by atoms with Crippen LogP contribution >= 0.6 is 0 Å². The second kappa shape index (κ2) is 6.91. The quantitative estimate of drug-likeness (QED) is 0.846. The molecular weight excluding hydrogens is 238 g/mol. The van der Waals surface area contributed by atoms with Gasteiger partial charge in [0.2, 0.25) is 5.91 Å². The van der Waals surface area contributed by atoms with Gasteiger partial charge in [-0.3, -0.25) is 4.79 Å². The molecule has 4 nitrogen and oxygen atoms in total. The van der Waals surface area contributed by atoms with Gasteiger partial charge >= 0.3 is 0 Å². The monoisotopic (exact) mass is 263 g/mol. The molecule has 0 aromatic rings. The van der Waals surface area contributed by atoms with Crippen molar-refractivity contribution in [1.82, 2.24) is 10.2 Å². The highest BCUT2D eigenvalue weighted by Gasteiger charge is 2.24. The van der Waals surface area contributed by atoms with E-state index >= 15 is 0 Å². The zero-order valence-corrected chi connectivity index (χ0v) is 11.9. The standard InChI is InChI=1S/C15H25N3O/c1-18-8-2-3-13(11-18)9-15(19)17-14-6-4-12(10-16)5-7-14/h12-14H,2-9,11H2,1H3,(H,17,19). The van der Waals surface area contributed by atoms with Gasteiger partial charge in [0.25, 0.3) is 0 Å². The van der Waals surface area contributed by atoms with Crippen LogP contribution in [0.5, 0.6) is 0 Å². The fraction of sp³-hybridized carbons (Fsp3) is 0.867. The Bertz CT molecular complexity index is 342. The number of likely N-dealkylation sites (tertiary alicyclic amines) is 1. The lowest BCUT2D eigenvalue weighted by molar-refractivity contribution is -0.123. The number of hydrogen-bond acceptors (Lipinski definition) is 3. The van der Waals surface area contributed by atoms with Crippen LogP contribution in [0.25, 0.3) is 0 Å². The molecular formula is C15H25N3O. The molecule has 1 unspecified atom stereocenters. The summed E-state index contributed by atoms with van der Waals surface area (Å²) in [6.07, 6.45) is 6.87. The molecule has 1 saturated heterocycles. The van der Waals surface area contributed by atoms with Gasteiger partial charge < -0.3 is 10.2 Å². The largest absolute Gasteiger partial charge is 0.353 e. The zero-order valence-electron chi connectivity index (χ0n) is 11.9. The van der Waals surface area contributed by atoms with E-state index in [0.717, 1.165) is 38.8 Å². The van der Waals surface area contributed by atoms with Gasteiger partial charge in [-0.25, -0.2) is 0 Å². The van der Waals surface area contributed by atoms with E-state index in [0.29, 0.717) is 18.4 Å². The lowest BCUT2D eigenvalue weighted by atomic mass is 9.86. The summed E-state index contributed by atoms with van der Waals surface area (Å²) < 4.78 is 0. The topological polar surface area (TPSA) is 56.1 Å². The maximum absolute atomic E-state index is 12.0. The molecule has 0 bridgehead atoms. The van der Waals surface area contributed by atoms with Gasteiger partial charge in [-0.1, -0.05) is 0 Å². The van der Waals surface area contributed by atoms with Gasteiger partial charge in [0.15, 0.2) is 0 Å². The fourth-order valence-corrected chi connectivity index (χ4v) is 3.36. The number of hydrogen-bond donors (Lipinski definition) is 1. The SMILES string of the molecule is CN1CCCC(CC(=O)NC2CCC(C#N)CC2)C1. The molecule has 1 aliphatic heterocycles. The Balaban J connectivity index is 1.68. The summed E-state index contributed by atoms with van der Waals surface area (Å²) in [6, 6.07) is 2.63. The predicted molar refractivity (Wildman–Crippen MR) is 74.3 cm³/mol. The summed E-state index contributed by atoms with van der Waals surface area (Å²) in [4.78, 5) is 14.4. The second-order valence-electron chi connectivity index (χ2n) is 6.22. The Morgan fingerprint density at radius 1 is 1.32 bits per heavy atom. The van der Waals surface area contributed by atoms with E-state index < -0.39 is 0 Å². The molecule has 2 rings (SSSR count). The van der Waals surface area contributed by atoms with Crippen molar-refractivity contribution in [3.8, 4) is 6.07 Å². The predicted octanol–water partition coefficient (Wildman–Crippen LogP) is 1.92. The number of piperidine rings is 1. The average Bonchev–Trinajstić information content (AvgIpc) is 2.39. The third-order valence-electron chi connectivity index (χ3n) is 4.47. The number of amides is 1. The van der Waals surface area contributed by atoms with Crippen molar-refractivity contribution in [2.75, 3.05) is 20.1 Å². The van der Waals surface area contributed by atoms with Crippen molar-refractivity contribution in [3.05, 3.63) is 0 Å². The van der Waals surface area contributed by atoms with E-state index in [1.807, 2.05) is 0 Å². The van der Waals surface area contributed by atoms with Gasteiger partial charge in [0, 0.05) is 24.9 Å². The molecule has 19 heavy (non-hydrogen) atoms. The summed E-state index contributed by atoms with van der Waals surface area (Å²) in [7, 11) is 2.13. The minimum Gasteiger partial charge on any atom is -0.353 e. The van der Waals surface area contributed by atoms with Crippen LogP contribution in [0.3, 0.4) is 0 Å². The van der Waals surface area contributed by atoms with E-state index in [1.165, 1.54) is 12.8 Å². The molecule has 0 aromatic carbocycles. The number of rotatable bonds is 3.